The van der Waals surface area contributed by atoms with E-state index in [2.05, 4.69) is 0 Å². The van der Waals surface area contributed by atoms with Crippen LogP contribution in [0.1, 0.15) is 52.4 Å². The Balaban J connectivity index is 2.27. The molecule has 1 rings (SSSR count). The molecule has 14 heavy (non-hydrogen) atoms. The summed E-state index contributed by atoms with van der Waals surface area (Å²) < 4.78 is 4.84. The summed E-state index contributed by atoms with van der Waals surface area (Å²) in [6.07, 6.45) is 9.50. The van der Waals surface area contributed by atoms with Gasteiger partial charge in [0.1, 0.15) is 0 Å². The number of ether oxygens (including phenoxy) is 1. The van der Waals surface area contributed by atoms with E-state index in [1.54, 1.807) is 6.26 Å². The van der Waals surface area contributed by atoms with Crippen LogP contribution in [0.5, 0.6) is 0 Å². The maximum atomic E-state index is 10.6. The van der Waals surface area contributed by atoms with Crippen molar-refractivity contribution in [3.05, 3.63) is 11.8 Å². The summed E-state index contributed by atoms with van der Waals surface area (Å²) in [5.74, 6) is 0.587. The summed E-state index contributed by atoms with van der Waals surface area (Å²) in [5, 5.41) is 0. The number of esters is 1. The summed E-state index contributed by atoms with van der Waals surface area (Å²) in [4.78, 5) is 10.6. The molecule has 0 aliphatic heterocycles. The average molecular weight is 196 g/mol. The normalized spacial score (nSPS) is 19.4. The van der Waals surface area contributed by atoms with Crippen LogP contribution in [0.4, 0.5) is 0 Å². The van der Waals surface area contributed by atoms with Crippen molar-refractivity contribution in [3.8, 4) is 0 Å². The molecule has 0 saturated heterocycles. The van der Waals surface area contributed by atoms with Gasteiger partial charge in [0.05, 0.1) is 6.26 Å². The lowest BCUT2D eigenvalue weighted by atomic mass is 9.85. The predicted molar refractivity (Wildman–Crippen MR) is 56.7 cm³/mol. The molecule has 2 heteroatoms. The fourth-order valence-electron chi connectivity index (χ4n) is 2.08. The number of carbonyl (C=O) groups excluding carboxylic acids is 1. The zero-order chi connectivity index (χ0) is 10.4. The van der Waals surface area contributed by atoms with E-state index in [4.69, 9.17) is 4.74 Å². The Hall–Kier alpha value is -0.790. The van der Waals surface area contributed by atoms with Crippen LogP contribution >= 0.6 is 0 Å². The standard InChI is InChI=1S/C12H20O2/c1-10(9-14-11(2)13)8-12-6-4-3-5-7-12/h9,12H,3-8H2,1-2H3/b10-9+. The second-order valence-corrected chi connectivity index (χ2v) is 4.28. The predicted octanol–water partition coefficient (Wildman–Crippen LogP) is 3.42. The molecule has 1 saturated carbocycles. The number of allylic oxidation sites excluding steroid dienone is 1. The molecule has 0 atom stereocenters. The van der Waals surface area contributed by atoms with E-state index in [-0.39, 0.29) is 5.97 Å². The van der Waals surface area contributed by atoms with Crippen LogP contribution in [0.3, 0.4) is 0 Å². The lowest BCUT2D eigenvalue weighted by Crippen LogP contribution is -2.06. The van der Waals surface area contributed by atoms with Crippen LogP contribution in [-0.2, 0) is 9.53 Å². The summed E-state index contributed by atoms with van der Waals surface area (Å²) in [6, 6.07) is 0. The van der Waals surface area contributed by atoms with Crippen LogP contribution in [0.15, 0.2) is 11.8 Å². The molecule has 0 aromatic rings. The minimum Gasteiger partial charge on any atom is -0.435 e. The highest BCUT2D eigenvalue weighted by atomic mass is 16.5. The fourth-order valence-corrected chi connectivity index (χ4v) is 2.08. The van der Waals surface area contributed by atoms with E-state index in [9.17, 15) is 4.79 Å². The average Bonchev–Trinajstić information content (AvgIpc) is 2.16. The van der Waals surface area contributed by atoms with Gasteiger partial charge in [0.15, 0.2) is 0 Å². The monoisotopic (exact) mass is 196 g/mol. The highest BCUT2D eigenvalue weighted by Gasteiger charge is 2.13. The number of carbonyl (C=O) groups is 1. The molecule has 2 nitrogen and oxygen atoms in total. The first-order valence-electron chi connectivity index (χ1n) is 5.51. The molecule has 80 valence electrons. The highest BCUT2D eigenvalue weighted by Crippen LogP contribution is 2.28. The molecule has 1 fully saturated rings. The first-order chi connectivity index (χ1) is 6.68. The van der Waals surface area contributed by atoms with E-state index < -0.39 is 0 Å². The zero-order valence-corrected chi connectivity index (χ0v) is 9.21. The van der Waals surface area contributed by atoms with Crippen molar-refractivity contribution in [2.45, 2.75) is 52.4 Å². The minimum absolute atomic E-state index is 0.229. The molecular weight excluding hydrogens is 176 g/mol. The molecular formula is C12H20O2. The summed E-state index contributed by atoms with van der Waals surface area (Å²) in [5.41, 5.74) is 1.19. The van der Waals surface area contributed by atoms with E-state index in [0.717, 1.165) is 12.3 Å². The molecule has 1 aliphatic carbocycles. The molecule has 0 N–H and O–H groups in total. The third-order valence-corrected chi connectivity index (χ3v) is 2.76. The van der Waals surface area contributed by atoms with Gasteiger partial charge in [-0.05, 0) is 24.8 Å². The first kappa shape index (κ1) is 11.3. The van der Waals surface area contributed by atoms with Crippen molar-refractivity contribution < 1.29 is 9.53 Å². The Morgan fingerprint density at radius 1 is 1.29 bits per heavy atom. The largest absolute Gasteiger partial charge is 0.435 e. The van der Waals surface area contributed by atoms with Crippen molar-refractivity contribution in [1.29, 1.82) is 0 Å². The summed E-state index contributed by atoms with van der Waals surface area (Å²) in [7, 11) is 0. The van der Waals surface area contributed by atoms with E-state index in [0.29, 0.717) is 0 Å². The van der Waals surface area contributed by atoms with Crippen molar-refractivity contribution in [2.24, 2.45) is 5.92 Å². The lowest BCUT2D eigenvalue weighted by Gasteiger charge is -2.21. The van der Waals surface area contributed by atoms with Gasteiger partial charge < -0.3 is 4.74 Å². The van der Waals surface area contributed by atoms with Crippen molar-refractivity contribution >= 4 is 5.97 Å². The van der Waals surface area contributed by atoms with Crippen molar-refractivity contribution in [1.82, 2.24) is 0 Å². The molecule has 0 spiro atoms. The van der Waals surface area contributed by atoms with E-state index in [1.807, 2.05) is 6.92 Å². The highest BCUT2D eigenvalue weighted by molar-refractivity contribution is 5.66. The molecule has 0 bridgehead atoms. The summed E-state index contributed by atoms with van der Waals surface area (Å²) in [6.45, 7) is 3.47. The maximum Gasteiger partial charge on any atom is 0.307 e. The third-order valence-electron chi connectivity index (χ3n) is 2.76. The Morgan fingerprint density at radius 2 is 1.93 bits per heavy atom. The minimum atomic E-state index is -0.229. The molecule has 0 unspecified atom stereocenters. The molecule has 0 radical (unpaired) electrons. The Morgan fingerprint density at radius 3 is 2.50 bits per heavy atom. The van der Waals surface area contributed by atoms with Crippen LogP contribution in [0, 0.1) is 5.92 Å². The fraction of sp³-hybridized carbons (Fsp3) is 0.750. The molecule has 1 aliphatic rings. The van der Waals surface area contributed by atoms with Gasteiger partial charge in [-0.3, -0.25) is 4.79 Å². The quantitative estimate of drug-likeness (QED) is 0.510. The van der Waals surface area contributed by atoms with Crippen LogP contribution in [0.25, 0.3) is 0 Å². The molecule has 0 aromatic heterocycles. The SMILES string of the molecule is CC(=O)O/C=C(\C)CC1CCCCC1. The zero-order valence-electron chi connectivity index (χ0n) is 9.21. The van der Waals surface area contributed by atoms with Gasteiger partial charge in [-0.2, -0.15) is 0 Å². The number of rotatable bonds is 3. The summed E-state index contributed by atoms with van der Waals surface area (Å²) >= 11 is 0. The second-order valence-electron chi connectivity index (χ2n) is 4.28. The molecule has 0 amide bonds. The Kier molecular flexibility index (Phi) is 4.71. The number of hydrogen-bond acceptors (Lipinski definition) is 2. The Labute approximate surface area is 86.3 Å². The first-order valence-corrected chi connectivity index (χ1v) is 5.51. The van der Waals surface area contributed by atoms with Gasteiger partial charge in [0.2, 0.25) is 0 Å². The molecule has 0 aromatic carbocycles. The van der Waals surface area contributed by atoms with Gasteiger partial charge in [-0.1, -0.05) is 32.1 Å². The van der Waals surface area contributed by atoms with Gasteiger partial charge >= 0.3 is 5.97 Å². The van der Waals surface area contributed by atoms with Crippen molar-refractivity contribution in [3.63, 3.8) is 0 Å². The van der Waals surface area contributed by atoms with Crippen LogP contribution < -0.4 is 0 Å². The van der Waals surface area contributed by atoms with Gasteiger partial charge in [0, 0.05) is 6.92 Å². The van der Waals surface area contributed by atoms with E-state index >= 15 is 0 Å². The number of hydrogen-bond donors (Lipinski definition) is 0. The van der Waals surface area contributed by atoms with Crippen LogP contribution in [-0.4, -0.2) is 5.97 Å². The smallest absolute Gasteiger partial charge is 0.307 e. The maximum absolute atomic E-state index is 10.6. The van der Waals surface area contributed by atoms with Gasteiger partial charge in [0.25, 0.3) is 0 Å². The van der Waals surface area contributed by atoms with Gasteiger partial charge in [-0.15, -0.1) is 0 Å². The second kappa shape index (κ2) is 5.84. The van der Waals surface area contributed by atoms with E-state index in [1.165, 1.54) is 44.6 Å². The van der Waals surface area contributed by atoms with Crippen LogP contribution in [0.2, 0.25) is 0 Å². The van der Waals surface area contributed by atoms with Crippen molar-refractivity contribution in [2.75, 3.05) is 0 Å². The topological polar surface area (TPSA) is 26.3 Å². The molecule has 0 heterocycles. The Bertz CT molecular complexity index is 212. The lowest BCUT2D eigenvalue weighted by molar-refractivity contribution is -0.135. The third kappa shape index (κ3) is 4.45. The van der Waals surface area contributed by atoms with Gasteiger partial charge in [-0.25, -0.2) is 0 Å².